The number of nitrogens with zero attached hydrogens (tertiary/aromatic N) is 1. The fourth-order valence-electron chi connectivity index (χ4n) is 2.86. The summed E-state index contributed by atoms with van der Waals surface area (Å²) in [5, 5.41) is 3.30. The summed E-state index contributed by atoms with van der Waals surface area (Å²) in [7, 11) is 2.05. The van der Waals surface area contributed by atoms with Crippen LogP contribution < -0.4 is 5.32 Å². The molecule has 0 radical (unpaired) electrons. The highest BCUT2D eigenvalue weighted by atomic mass is 15.2. The van der Waals surface area contributed by atoms with Gasteiger partial charge in [-0.15, -0.1) is 0 Å². The molecule has 0 spiro atoms. The molecular formula is C14H30N2. The van der Waals surface area contributed by atoms with E-state index in [2.05, 4.69) is 38.0 Å². The molecule has 0 aromatic heterocycles. The molecule has 1 heterocycles. The summed E-state index contributed by atoms with van der Waals surface area (Å²) in [6.07, 6.45) is 5.62. The molecule has 1 rings (SSSR count). The van der Waals surface area contributed by atoms with Gasteiger partial charge in [-0.3, -0.25) is 0 Å². The van der Waals surface area contributed by atoms with Gasteiger partial charge in [-0.1, -0.05) is 20.3 Å². The van der Waals surface area contributed by atoms with Gasteiger partial charge in [-0.05, 0) is 64.7 Å². The maximum Gasteiger partial charge on any atom is 0.0105 e. The van der Waals surface area contributed by atoms with E-state index in [1.807, 2.05) is 0 Å². The highest BCUT2D eigenvalue weighted by Crippen LogP contribution is 2.23. The number of hydrogen-bond donors (Lipinski definition) is 1. The van der Waals surface area contributed by atoms with Gasteiger partial charge in [-0.2, -0.15) is 0 Å². The second kappa shape index (κ2) is 7.29. The number of likely N-dealkylation sites (tertiary alicyclic amines) is 1. The van der Waals surface area contributed by atoms with Crippen molar-refractivity contribution in [1.82, 2.24) is 10.2 Å². The van der Waals surface area contributed by atoms with E-state index in [9.17, 15) is 0 Å². The van der Waals surface area contributed by atoms with Gasteiger partial charge < -0.3 is 10.2 Å². The molecule has 0 aromatic carbocycles. The van der Waals surface area contributed by atoms with E-state index in [-0.39, 0.29) is 0 Å². The Morgan fingerprint density at radius 1 is 1.25 bits per heavy atom. The van der Waals surface area contributed by atoms with Gasteiger partial charge in [0.05, 0.1) is 0 Å². The van der Waals surface area contributed by atoms with Crippen molar-refractivity contribution in [2.24, 2.45) is 11.8 Å². The second-order valence-electron chi connectivity index (χ2n) is 5.52. The first-order valence-electron chi connectivity index (χ1n) is 7.07. The van der Waals surface area contributed by atoms with Crippen LogP contribution in [0.25, 0.3) is 0 Å². The van der Waals surface area contributed by atoms with E-state index in [4.69, 9.17) is 0 Å². The lowest BCUT2D eigenvalue weighted by Crippen LogP contribution is -2.41. The maximum absolute atomic E-state index is 3.30. The number of rotatable bonds is 5. The molecular weight excluding hydrogens is 196 g/mol. The molecule has 0 saturated carbocycles. The highest BCUT2D eigenvalue weighted by Gasteiger charge is 2.22. The van der Waals surface area contributed by atoms with Crippen LogP contribution in [0.4, 0.5) is 0 Å². The van der Waals surface area contributed by atoms with Crippen LogP contribution in [-0.4, -0.2) is 37.6 Å². The molecule has 0 aliphatic carbocycles. The van der Waals surface area contributed by atoms with E-state index in [0.717, 1.165) is 24.4 Å². The monoisotopic (exact) mass is 226 g/mol. The Labute approximate surface area is 102 Å². The summed E-state index contributed by atoms with van der Waals surface area (Å²) in [4.78, 5) is 2.71. The van der Waals surface area contributed by atoms with Crippen molar-refractivity contribution in [3.05, 3.63) is 0 Å². The number of nitrogens with one attached hydrogen (secondary N) is 1. The lowest BCUT2D eigenvalue weighted by Gasteiger charge is -2.32. The molecule has 16 heavy (non-hydrogen) atoms. The molecule has 3 unspecified atom stereocenters. The zero-order valence-electron chi connectivity index (χ0n) is 11.6. The number of hydrogen-bond acceptors (Lipinski definition) is 2. The maximum atomic E-state index is 3.30. The van der Waals surface area contributed by atoms with Gasteiger partial charge in [0.25, 0.3) is 0 Å². The fraction of sp³-hybridized carbons (Fsp3) is 1.00. The lowest BCUT2D eigenvalue weighted by atomic mass is 9.98. The molecule has 0 amide bonds. The molecule has 0 bridgehead atoms. The Bertz CT molecular complexity index is 182. The third-order valence-electron chi connectivity index (χ3n) is 4.39. The Balaban J connectivity index is 2.41. The van der Waals surface area contributed by atoms with E-state index >= 15 is 0 Å². The van der Waals surface area contributed by atoms with Gasteiger partial charge in [0, 0.05) is 6.04 Å². The van der Waals surface area contributed by atoms with Crippen molar-refractivity contribution in [1.29, 1.82) is 0 Å². The topological polar surface area (TPSA) is 15.3 Å². The normalized spacial score (nSPS) is 27.4. The van der Waals surface area contributed by atoms with Crippen molar-refractivity contribution >= 4 is 0 Å². The van der Waals surface area contributed by atoms with E-state index in [0.29, 0.717) is 0 Å². The summed E-state index contributed by atoms with van der Waals surface area (Å²) in [6, 6.07) is 0.725. The van der Waals surface area contributed by atoms with Crippen molar-refractivity contribution in [2.45, 2.75) is 52.5 Å². The SMILES string of the molecule is CCC1CCCN(C(C)C(C)CNC)CC1. The molecule has 96 valence electrons. The third kappa shape index (κ3) is 4.06. The molecule has 1 aliphatic heterocycles. The van der Waals surface area contributed by atoms with Crippen molar-refractivity contribution in [3.63, 3.8) is 0 Å². The lowest BCUT2D eigenvalue weighted by molar-refractivity contribution is 0.164. The minimum absolute atomic E-state index is 0.725. The van der Waals surface area contributed by atoms with Crippen LogP contribution in [0.1, 0.15) is 46.5 Å². The van der Waals surface area contributed by atoms with E-state index in [1.165, 1.54) is 38.8 Å². The summed E-state index contributed by atoms with van der Waals surface area (Å²) in [6.45, 7) is 10.9. The van der Waals surface area contributed by atoms with Crippen LogP contribution in [0, 0.1) is 11.8 Å². The highest BCUT2D eigenvalue weighted by molar-refractivity contribution is 4.77. The first-order valence-corrected chi connectivity index (χ1v) is 7.07. The fourth-order valence-corrected chi connectivity index (χ4v) is 2.86. The van der Waals surface area contributed by atoms with Crippen LogP contribution in [0.5, 0.6) is 0 Å². The zero-order chi connectivity index (χ0) is 12.0. The summed E-state index contributed by atoms with van der Waals surface area (Å²) in [5.74, 6) is 1.74. The van der Waals surface area contributed by atoms with Gasteiger partial charge in [0.15, 0.2) is 0 Å². The van der Waals surface area contributed by atoms with Crippen LogP contribution in [0.2, 0.25) is 0 Å². The van der Waals surface area contributed by atoms with Crippen LogP contribution in [-0.2, 0) is 0 Å². The van der Waals surface area contributed by atoms with Crippen LogP contribution in [0.3, 0.4) is 0 Å². The summed E-state index contributed by atoms with van der Waals surface area (Å²) < 4.78 is 0. The van der Waals surface area contributed by atoms with Crippen LogP contribution >= 0.6 is 0 Å². The molecule has 1 aliphatic rings. The summed E-state index contributed by atoms with van der Waals surface area (Å²) >= 11 is 0. The minimum atomic E-state index is 0.725. The Hall–Kier alpha value is -0.0800. The summed E-state index contributed by atoms with van der Waals surface area (Å²) in [5.41, 5.74) is 0. The molecule has 2 heteroatoms. The molecule has 0 aromatic rings. The quantitative estimate of drug-likeness (QED) is 0.775. The third-order valence-corrected chi connectivity index (χ3v) is 4.39. The predicted molar refractivity (Wildman–Crippen MR) is 71.8 cm³/mol. The smallest absolute Gasteiger partial charge is 0.0105 e. The first kappa shape index (κ1) is 14.0. The Morgan fingerprint density at radius 2 is 2.00 bits per heavy atom. The first-order chi connectivity index (χ1) is 7.69. The van der Waals surface area contributed by atoms with E-state index in [1.54, 1.807) is 0 Å². The molecule has 2 nitrogen and oxygen atoms in total. The predicted octanol–water partition coefficient (Wildman–Crippen LogP) is 2.74. The van der Waals surface area contributed by atoms with E-state index < -0.39 is 0 Å². The van der Waals surface area contributed by atoms with Gasteiger partial charge in [0.2, 0.25) is 0 Å². The molecule has 1 saturated heterocycles. The molecule has 1 N–H and O–H groups in total. The molecule has 3 atom stereocenters. The Kier molecular flexibility index (Phi) is 6.37. The van der Waals surface area contributed by atoms with Gasteiger partial charge in [-0.25, -0.2) is 0 Å². The molecule has 1 fully saturated rings. The van der Waals surface area contributed by atoms with Crippen LogP contribution in [0.15, 0.2) is 0 Å². The van der Waals surface area contributed by atoms with Crippen molar-refractivity contribution < 1.29 is 0 Å². The average Bonchev–Trinajstić information content (AvgIpc) is 2.53. The average molecular weight is 226 g/mol. The standard InChI is InChI=1S/C14H30N2/c1-5-14-7-6-9-16(10-8-14)13(3)12(2)11-15-4/h12-15H,5-11H2,1-4H3. The second-order valence-corrected chi connectivity index (χ2v) is 5.52. The largest absolute Gasteiger partial charge is 0.319 e. The van der Waals surface area contributed by atoms with Gasteiger partial charge in [0.1, 0.15) is 0 Å². The minimum Gasteiger partial charge on any atom is -0.319 e. The van der Waals surface area contributed by atoms with Crippen molar-refractivity contribution in [2.75, 3.05) is 26.7 Å². The zero-order valence-corrected chi connectivity index (χ0v) is 11.6. The Morgan fingerprint density at radius 3 is 2.62 bits per heavy atom. The van der Waals surface area contributed by atoms with Gasteiger partial charge >= 0.3 is 0 Å². The van der Waals surface area contributed by atoms with Crippen molar-refractivity contribution in [3.8, 4) is 0 Å².